The Morgan fingerprint density at radius 2 is 2.09 bits per heavy atom. The Kier molecular flexibility index (Phi) is 5.21. The minimum absolute atomic E-state index is 0.215. The zero-order valence-electron chi connectivity index (χ0n) is 7.22. The molecule has 0 aliphatic heterocycles. The molecular formula is C7H15NOS2. The Balaban J connectivity index is 3.64. The molecule has 0 saturated carbocycles. The monoisotopic (exact) mass is 193 g/mol. The zero-order valence-corrected chi connectivity index (χ0v) is 8.85. The van der Waals surface area contributed by atoms with Crippen LogP contribution in [0.4, 0.5) is 0 Å². The van der Waals surface area contributed by atoms with Crippen LogP contribution < -0.4 is 5.73 Å². The molecule has 0 aromatic rings. The van der Waals surface area contributed by atoms with Crippen molar-refractivity contribution in [2.45, 2.75) is 25.5 Å². The Bertz CT molecular complexity index is 136. The molecule has 0 spiro atoms. The summed E-state index contributed by atoms with van der Waals surface area (Å²) in [5.41, 5.74) is 5.31. The van der Waals surface area contributed by atoms with Gasteiger partial charge in [0, 0.05) is 12.3 Å². The average Bonchev–Trinajstić information content (AvgIpc) is 1.88. The fourth-order valence-corrected chi connectivity index (χ4v) is 2.66. The highest BCUT2D eigenvalue weighted by atomic mass is 33.1. The first-order valence-corrected chi connectivity index (χ1v) is 5.84. The Morgan fingerprint density at radius 1 is 1.55 bits per heavy atom. The van der Waals surface area contributed by atoms with Gasteiger partial charge >= 0.3 is 0 Å². The molecule has 0 aliphatic carbocycles. The van der Waals surface area contributed by atoms with Crippen molar-refractivity contribution in [1.29, 1.82) is 0 Å². The summed E-state index contributed by atoms with van der Waals surface area (Å²) < 4.78 is -0.264. The number of hydrogen-bond acceptors (Lipinski definition) is 4. The first-order chi connectivity index (χ1) is 5.00. The number of hydrogen-bond donors (Lipinski definition) is 1. The smallest absolute Gasteiger partial charge is 0.146 e. The van der Waals surface area contributed by atoms with Crippen molar-refractivity contribution in [2.24, 2.45) is 5.73 Å². The van der Waals surface area contributed by atoms with E-state index in [4.69, 9.17) is 5.73 Å². The van der Waals surface area contributed by atoms with Crippen LogP contribution >= 0.6 is 21.6 Å². The standard InChI is InChI=1S/C7H15NOS2/c1-6(9)7(2,3)11-10-5-4-8/h4-5,8H2,1-3H3. The van der Waals surface area contributed by atoms with E-state index in [0.29, 0.717) is 6.54 Å². The molecule has 4 heteroatoms. The Hall–Kier alpha value is 0.330. The normalized spacial score (nSPS) is 11.6. The van der Waals surface area contributed by atoms with E-state index in [2.05, 4.69) is 0 Å². The number of rotatable bonds is 5. The van der Waals surface area contributed by atoms with Gasteiger partial charge in [-0.25, -0.2) is 0 Å². The van der Waals surface area contributed by atoms with Gasteiger partial charge < -0.3 is 5.73 Å². The van der Waals surface area contributed by atoms with Gasteiger partial charge in [0.05, 0.1) is 4.75 Å². The van der Waals surface area contributed by atoms with Crippen molar-refractivity contribution in [2.75, 3.05) is 12.3 Å². The minimum atomic E-state index is -0.264. The van der Waals surface area contributed by atoms with Crippen molar-refractivity contribution >= 4 is 27.4 Å². The maximum absolute atomic E-state index is 11.0. The van der Waals surface area contributed by atoms with Crippen molar-refractivity contribution in [3.05, 3.63) is 0 Å². The van der Waals surface area contributed by atoms with Crippen LogP contribution in [0.2, 0.25) is 0 Å². The molecule has 0 bridgehead atoms. The van der Waals surface area contributed by atoms with Crippen molar-refractivity contribution in [3.8, 4) is 0 Å². The SMILES string of the molecule is CC(=O)C(C)(C)SSCCN. The summed E-state index contributed by atoms with van der Waals surface area (Å²) in [4.78, 5) is 11.0. The molecule has 0 unspecified atom stereocenters. The van der Waals surface area contributed by atoms with E-state index >= 15 is 0 Å². The quantitative estimate of drug-likeness (QED) is 0.533. The molecule has 0 aromatic heterocycles. The molecule has 0 fully saturated rings. The van der Waals surface area contributed by atoms with E-state index in [1.165, 1.54) is 0 Å². The number of nitrogens with two attached hydrogens (primary N) is 1. The van der Waals surface area contributed by atoms with Crippen LogP contribution in [0.3, 0.4) is 0 Å². The summed E-state index contributed by atoms with van der Waals surface area (Å²) in [6.45, 7) is 6.16. The van der Waals surface area contributed by atoms with Crippen LogP contribution in [0.5, 0.6) is 0 Å². The van der Waals surface area contributed by atoms with Gasteiger partial charge in [-0.3, -0.25) is 4.79 Å². The molecule has 0 rings (SSSR count). The topological polar surface area (TPSA) is 43.1 Å². The van der Waals surface area contributed by atoms with Gasteiger partial charge in [0.1, 0.15) is 5.78 Å². The van der Waals surface area contributed by atoms with Crippen molar-refractivity contribution in [1.82, 2.24) is 0 Å². The van der Waals surface area contributed by atoms with Gasteiger partial charge in [-0.1, -0.05) is 21.6 Å². The third kappa shape index (κ3) is 4.71. The van der Waals surface area contributed by atoms with E-state index in [0.717, 1.165) is 5.75 Å². The molecule has 66 valence electrons. The summed E-state index contributed by atoms with van der Waals surface area (Å²) in [6, 6.07) is 0. The molecule has 0 amide bonds. The lowest BCUT2D eigenvalue weighted by Crippen LogP contribution is -2.23. The van der Waals surface area contributed by atoms with Crippen LogP contribution in [-0.2, 0) is 4.79 Å². The summed E-state index contributed by atoms with van der Waals surface area (Å²) >= 11 is 0. The fourth-order valence-electron chi connectivity index (χ4n) is 0.296. The van der Waals surface area contributed by atoms with Crippen LogP contribution in [0.25, 0.3) is 0 Å². The van der Waals surface area contributed by atoms with E-state index in [1.807, 2.05) is 13.8 Å². The van der Waals surface area contributed by atoms with Gasteiger partial charge in [0.2, 0.25) is 0 Å². The van der Waals surface area contributed by atoms with Crippen LogP contribution in [0, 0.1) is 0 Å². The van der Waals surface area contributed by atoms with Crippen molar-refractivity contribution < 1.29 is 4.79 Å². The van der Waals surface area contributed by atoms with Gasteiger partial charge in [0.25, 0.3) is 0 Å². The van der Waals surface area contributed by atoms with Gasteiger partial charge in [0.15, 0.2) is 0 Å². The predicted molar refractivity (Wildman–Crippen MR) is 53.9 cm³/mol. The molecule has 2 N–H and O–H groups in total. The molecule has 0 saturated heterocycles. The molecule has 0 atom stereocenters. The average molecular weight is 193 g/mol. The zero-order chi connectivity index (χ0) is 8.91. The molecular weight excluding hydrogens is 178 g/mol. The van der Waals surface area contributed by atoms with Crippen molar-refractivity contribution in [3.63, 3.8) is 0 Å². The van der Waals surface area contributed by atoms with Gasteiger partial charge in [-0.05, 0) is 20.8 Å². The second-order valence-corrected chi connectivity index (χ2v) is 5.80. The third-order valence-electron chi connectivity index (χ3n) is 1.32. The summed E-state index contributed by atoms with van der Waals surface area (Å²) in [7, 11) is 3.26. The first-order valence-electron chi connectivity index (χ1n) is 3.52. The van der Waals surface area contributed by atoms with Crippen LogP contribution in [0.15, 0.2) is 0 Å². The maximum atomic E-state index is 11.0. The number of ketones is 1. The van der Waals surface area contributed by atoms with Crippen LogP contribution in [-0.4, -0.2) is 22.8 Å². The highest BCUT2D eigenvalue weighted by molar-refractivity contribution is 8.77. The third-order valence-corrected chi connectivity index (χ3v) is 4.64. The minimum Gasteiger partial charge on any atom is -0.330 e. The molecule has 0 aliphatic rings. The fraction of sp³-hybridized carbons (Fsp3) is 0.857. The Morgan fingerprint density at radius 3 is 2.45 bits per heavy atom. The molecule has 11 heavy (non-hydrogen) atoms. The van der Waals surface area contributed by atoms with E-state index in [9.17, 15) is 4.79 Å². The molecule has 0 heterocycles. The molecule has 0 radical (unpaired) electrons. The predicted octanol–water partition coefficient (Wildman–Crippen LogP) is 1.69. The van der Waals surface area contributed by atoms with Gasteiger partial charge in [-0.2, -0.15) is 0 Å². The lowest BCUT2D eigenvalue weighted by Gasteiger charge is -2.18. The van der Waals surface area contributed by atoms with E-state index in [1.54, 1.807) is 28.5 Å². The number of Topliss-reactive ketones (excluding diaryl/α,β-unsaturated/α-hetero) is 1. The molecule has 2 nitrogen and oxygen atoms in total. The highest BCUT2D eigenvalue weighted by Crippen LogP contribution is 2.35. The van der Waals surface area contributed by atoms with E-state index in [-0.39, 0.29) is 10.5 Å². The first kappa shape index (κ1) is 11.3. The maximum Gasteiger partial charge on any atom is 0.146 e. The second kappa shape index (κ2) is 5.06. The highest BCUT2D eigenvalue weighted by Gasteiger charge is 2.24. The second-order valence-electron chi connectivity index (χ2n) is 2.76. The lowest BCUT2D eigenvalue weighted by atomic mass is 10.1. The summed E-state index contributed by atoms with van der Waals surface area (Å²) in [5.74, 6) is 1.12. The number of carbonyl (C=O) groups is 1. The summed E-state index contributed by atoms with van der Waals surface area (Å²) in [5, 5.41) is 0. The number of carbonyl (C=O) groups excluding carboxylic acids is 1. The lowest BCUT2D eigenvalue weighted by molar-refractivity contribution is -0.118. The largest absolute Gasteiger partial charge is 0.330 e. The van der Waals surface area contributed by atoms with E-state index < -0.39 is 0 Å². The summed E-state index contributed by atoms with van der Waals surface area (Å²) in [6.07, 6.45) is 0. The van der Waals surface area contributed by atoms with Crippen LogP contribution in [0.1, 0.15) is 20.8 Å². The molecule has 0 aromatic carbocycles. The Labute approximate surface area is 76.1 Å². The van der Waals surface area contributed by atoms with Gasteiger partial charge in [-0.15, -0.1) is 0 Å².